The number of morpholine rings is 1. The van der Waals surface area contributed by atoms with E-state index in [2.05, 4.69) is 17.1 Å². The Balaban J connectivity index is 1.53. The molecular formula is C17H33N3O3. The molecule has 2 fully saturated rings. The van der Waals surface area contributed by atoms with E-state index in [0.717, 1.165) is 45.8 Å². The number of nitrogens with one attached hydrogen (secondary N) is 1. The third kappa shape index (κ3) is 6.65. The number of ether oxygens (including phenoxy) is 2. The first-order valence-electron chi connectivity index (χ1n) is 9.07. The van der Waals surface area contributed by atoms with Crippen LogP contribution in [0.3, 0.4) is 0 Å². The highest BCUT2D eigenvalue weighted by atomic mass is 16.5. The third-order valence-electron chi connectivity index (χ3n) is 4.95. The molecule has 0 aromatic rings. The number of hydrogen-bond acceptors (Lipinski definition) is 4. The Morgan fingerprint density at radius 1 is 1.30 bits per heavy atom. The van der Waals surface area contributed by atoms with Crippen molar-refractivity contribution in [1.29, 1.82) is 0 Å². The van der Waals surface area contributed by atoms with Crippen LogP contribution in [0, 0.1) is 5.92 Å². The lowest BCUT2D eigenvalue weighted by Crippen LogP contribution is -2.45. The van der Waals surface area contributed by atoms with Crippen LogP contribution in [0.1, 0.15) is 32.6 Å². The second kappa shape index (κ2) is 10.1. The minimum Gasteiger partial charge on any atom is -0.379 e. The van der Waals surface area contributed by atoms with E-state index >= 15 is 0 Å². The van der Waals surface area contributed by atoms with Gasteiger partial charge in [0.2, 0.25) is 0 Å². The Labute approximate surface area is 140 Å². The van der Waals surface area contributed by atoms with Crippen LogP contribution in [0.4, 0.5) is 4.79 Å². The van der Waals surface area contributed by atoms with Gasteiger partial charge in [-0.1, -0.05) is 19.8 Å². The molecule has 1 aliphatic heterocycles. The summed E-state index contributed by atoms with van der Waals surface area (Å²) in [7, 11) is 1.85. The molecule has 2 rings (SSSR count). The molecule has 1 N–H and O–H groups in total. The lowest BCUT2D eigenvalue weighted by atomic mass is 9.88. The zero-order chi connectivity index (χ0) is 16.5. The molecule has 2 amide bonds. The highest BCUT2D eigenvalue weighted by Crippen LogP contribution is 2.25. The molecule has 1 heterocycles. The summed E-state index contributed by atoms with van der Waals surface area (Å²) in [5.74, 6) is 0.649. The average Bonchev–Trinajstić information content (AvgIpc) is 2.58. The molecule has 6 heteroatoms. The van der Waals surface area contributed by atoms with Crippen molar-refractivity contribution in [3.63, 3.8) is 0 Å². The quantitative estimate of drug-likeness (QED) is 0.721. The number of likely N-dealkylation sites (N-methyl/N-ethyl adjacent to an activating group) is 1. The van der Waals surface area contributed by atoms with Gasteiger partial charge in [-0.2, -0.15) is 0 Å². The SMILES string of the molecule is C[C@@H]1CCCC[C@@H]1OCCNC(=O)N(C)CCN1CCOCC1. The molecule has 0 radical (unpaired) electrons. The zero-order valence-corrected chi connectivity index (χ0v) is 14.8. The maximum atomic E-state index is 12.0. The van der Waals surface area contributed by atoms with Crippen LogP contribution in [0.2, 0.25) is 0 Å². The fourth-order valence-corrected chi connectivity index (χ4v) is 3.25. The van der Waals surface area contributed by atoms with E-state index in [0.29, 0.717) is 25.2 Å². The number of amides is 2. The third-order valence-corrected chi connectivity index (χ3v) is 4.95. The van der Waals surface area contributed by atoms with E-state index in [1.54, 1.807) is 4.90 Å². The van der Waals surface area contributed by atoms with Crippen molar-refractivity contribution in [3.05, 3.63) is 0 Å². The van der Waals surface area contributed by atoms with E-state index in [1.807, 2.05) is 7.05 Å². The van der Waals surface area contributed by atoms with Gasteiger partial charge in [0.15, 0.2) is 0 Å². The van der Waals surface area contributed by atoms with Crippen LogP contribution < -0.4 is 5.32 Å². The molecule has 0 spiro atoms. The molecule has 1 aliphatic carbocycles. The minimum absolute atomic E-state index is 0.0152. The first-order chi connectivity index (χ1) is 11.2. The summed E-state index contributed by atoms with van der Waals surface area (Å²) in [6.45, 7) is 8.63. The lowest BCUT2D eigenvalue weighted by Gasteiger charge is -2.29. The van der Waals surface area contributed by atoms with E-state index < -0.39 is 0 Å². The van der Waals surface area contributed by atoms with E-state index in [-0.39, 0.29) is 6.03 Å². The number of carbonyl (C=O) groups is 1. The minimum atomic E-state index is -0.0152. The molecular weight excluding hydrogens is 294 g/mol. The van der Waals surface area contributed by atoms with Gasteiger partial charge < -0.3 is 19.7 Å². The second-order valence-electron chi connectivity index (χ2n) is 6.78. The molecule has 134 valence electrons. The first-order valence-corrected chi connectivity index (χ1v) is 9.07. The van der Waals surface area contributed by atoms with Gasteiger partial charge in [0.1, 0.15) is 0 Å². The number of hydrogen-bond donors (Lipinski definition) is 1. The second-order valence-corrected chi connectivity index (χ2v) is 6.78. The van der Waals surface area contributed by atoms with Crippen molar-refractivity contribution in [2.75, 3.05) is 59.6 Å². The van der Waals surface area contributed by atoms with Gasteiger partial charge in [0.25, 0.3) is 0 Å². The fourth-order valence-electron chi connectivity index (χ4n) is 3.25. The van der Waals surface area contributed by atoms with Crippen LogP contribution in [-0.2, 0) is 9.47 Å². The van der Waals surface area contributed by atoms with Crippen molar-refractivity contribution in [3.8, 4) is 0 Å². The highest BCUT2D eigenvalue weighted by Gasteiger charge is 2.21. The number of carbonyl (C=O) groups excluding carboxylic acids is 1. The van der Waals surface area contributed by atoms with Gasteiger partial charge in [0.05, 0.1) is 25.9 Å². The Morgan fingerprint density at radius 2 is 2.04 bits per heavy atom. The van der Waals surface area contributed by atoms with Crippen LogP contribution in [0.25, 0.3) is 0 Å². The zero-order valence-electron chi connectivity index (χ0n) is 14.8. The van der Waals surface area contributed by atoms with Crippen molar-refractivity contribution in [1.82, 2.24) is 15.1 Å². The summed E-state index contributed by atoms with van der Waals surface area (Å²) in [5.41, 5.74) is 0. The van der Waals surface area contributed by atoms with Crippen molar-refractivity contribution < 1.29 is 14.3 Å². The monoisotopic (exact) mass is 327 g/mol. The maximum Gasteiger partial charge on any atom is 0.317 e. The molecule has 0 aromatic heterocycles. The van der Waals surface area contributed by atoms with Gasteiger partial charge in [-0.05, 0) is 18.8 Å². The predicted molar refractivity (Wildman–Crippen MR) is 90.7 cm³/mol. The van der Waals surface area contributed by atoms with Gasteiger partial charge in [0, 0.05) is 39.8 Å². The number of nitrogens with zero attached hydrogens (tertiary/aromatic N) is 2. The summed E-state index contributed by atoms with van der Waals surface area (Å²) in [6, 6.07) is -0.0152. The smallest absolute Gasteiger partial charge is 0.317 e. The number of rotatable bonds is 7. The molecule has 2 atom stereocenters. The fraction of sp³-hybridized carbons (Fsp3) is 0.941. The summed E-state index contributed by atoms with van der Waals surface area (Å²) < 4.78 is 11.3. The number of urea groups is 1. The Hall–Kier alpha value is -0.850. The van der Waals surface area contributed by atoms with Gasteiger partial charge in [-0.15, -0.1) is 0 Å². The van der Waals surface area contributed by atoms with Crippen LogP contribution in [-0.4, -0.2) is 81.5 Å². The predicted octanol–water partition coefficient (Wildman–Crippen LogP) is 1.56. The Kier molecular flexibility index (Phi) is 8.12. The van der Waals surface area contributed by atoms with Crippen LogP contribution >= 0.6 is 0 Å². The molecule has 6 nitrogen and oxygen atoms in total. The van der Waals surface area contributed by atoms with Crippen LogP contribution in [0.5, 0.6) is 0 Å². The molecule has 1 saturated heterocycles. The Bertz CT molecular complexity index is 348. The summed E-state index contributed by atoms with van der Waals surface area (Å²) in [6.07, 6.45) is 5.40. The van der Waals surface area contributed by atoms with Crippen molar-refractivity contribution in [2.45, 2.75) is 38.7 Å². The Morgan fingerprint density at radius 3 is 2.78 bits per heavy atom. The highest BCUT2D eigenvalue weighted by molar-refractivity contribution is 5.73. The van der Waals surface area contributed by atoms with Crippen molar-refractivity contribution in [2.24, 2.45) is 5.92 Å². The summed E-state index contributed by atoms with van der Waals surface area (Å²) in [5, 5.41) is 2.94. The van der Waals surface area contributed by atoms with Gasteiger partial charge in [-0.3, -0.25) is 4.90 Å². The summed E-state index contributed by atoms with van der Waals surface area (Å²) in [4.78, 5) is 16.1. The van der Waals surface area contributed by atoms with Crippen molar-refractivity contribution >= 4 is 6.03 Å². The molecule has 0 bridgehead atoms. The average molecular weight is 327 g/mol. The lowest BCUT2D eigenvalue weighted by molar-refractivity contribution is -0.00272. The molecule has 23 heavy (non-hydrogen) atoms. The van der Waals surface area contributed by atoms with E-state index in [1.165, 1.54) is 19.3 Å². The van der Waals surface area contributed by atoms with Gasteiger partial charge in [-0.25, -0.2) is 4.79 Å². The maximum absolute atomic E-state index is 12.0. The van der Waals surface area contributed by atoms with E-state index in [4.69, 9.17) is 9.47 Å². The molecule has 1 saturated carbocycles. The molecule has 0 aromatic carbocycles. The molecule has 0 unspecified atom stereocenters. The largest absolute Gasteiger partial charge is 0.379 e. The van der Waals surface area contributed by atoms with Gasteiger partial charge >= 0.3 is 6.03 Å². The topological polar surface area (TPSA) is 54.0 Å². The van der Waals surface area contributed by atoms with Crippen LogP contribution in [0.15, 0.2) is 0 Å². The van der Waals surface area contributed by atoms with E-state index in [9.17, 15) is 4.79 Å². The standard InChI is InChI=1S/C17H33N3O3/c1-15-5-3-4-6-16(15)23-12-7-18-17(21)19(2)8-9-20-10-13-22-14-11-20/h15-16H,3-14H2,1-2H3,(H,18,21)/t15-,16+/m1/s1. The normalized spacial score (nSPS) is 26.0. The summed E-state index contributed by atoms with van der Waals surface area (Å²) >= 11 is 0. The molecule has 2 aliphatic rings. The first kappa shape index (κ1) is 18.5.